The van der Waals surface area contributed by atoms with E-state index in [-0.39, 0.29) is 18.0 Å². The lowest BCUT2D eigenvalue weighted by atomic mass is 9.99. The lowest BCUT2D eigenvalue weighted by molar-refractivity contribution is -0.142. The first-order valence-electron chi connectivity index (χ1n) is 6.55. The molecule has 0 atom stereocenters. The SMILES string of the molecule is O=C(O)C1CCN(S(=O)(=O)c2ccc3ncsc3c2)CC1. The Labute approximate surface area is 126 Å². The number of piperidine rings is 1. The number of hydrogen-bond donors (Lipinski definition) is 1. The number of carboxylic acids is 1. The molecule has 2 aromatic rings. The van der Waals surface area contributed by atoms with Crippen LogP contribution in [0.1, 0.15) is 12.8 Å². The minimum atomic E-state index is -3.56. The monoisotopic (exact) mass is 326 g/mol. The van der Waals surface area contributed by atoms with Gasteiger partial charge in [0.1, 0.15) is 0 Å². The molecule has 0 spiro atoms. The van der Waals surface area contributed by atoms with Crippen molar-refractivity contribution in [3.05, 3.63) is 23.7 Å². The zero-order valence-electron chi connectivity index (χ0n) is 11.1. The zero-order valence-corrected chi connectivity index (χ0v) is 12.7. The van der Waals surface area contributed by atoms with E-state index in [1.54, 1.807) is 23.7 Å². The fourth-order valence-corrected chi connectivity index (χ4v) is 4.78. The second-order valence-corrected chi connectivity index (χ2v) is 7.82. The largest absolute Gasteiger partial charge is 0.481 e. The molecule has 112 valence electrons. The van der Waals surface area contributed by atoms with Gasteiger partial charge in [0.25, 0.3) is 0 Å². The third-order valence-corrected chi connectivity index (χ3v) is 6.43. The predicted octanol–water partition coefficient (Wildman–Crippen LogP) is 1.78. The maximum Gasteiger partial charge on any atom is 0.306 e. The first kappa shape index (κ1) is 14.4. The van der Waals surface area contributed by atoms with Gasteiger partial charge in [0.2, 0.25) is 10.0 Å². The number of carbonyl (C=O) groups is 1. The average molecular weight is 326 g/mol. The number of sulfonamides is 1. The highest BCUT2D eigenvalue weighted by molar-refractivity contribution is 7.89. The van der Waals surface area contributed by atoms with Gasteiger partial charge in [-0.2, -0.15) is 4.31 Å². The van der Waals surface area contributed by atoms with Gasteiger partial charge in [-0.1, -0.05) is 0 Å². The predicted molar refractivity (Wildman–Crippen MR) is 78.7 cm³/mol. The van der Waals surface area contributed by atoms with Gasteiger partial charge in [0, 0.05) is 13.1 Å². The number of aromatic nitrogens is 1. The topological polar surface area (TPSA) is 87.6 Å². The van der Waals surface area contributed by atoms with Crippen molar-refractivity contribution < 1.29 is 18.3 Å². The normalized spacial score (nSPS) is 18.1. The Balaban J connectivity index is 1.85. The fourth-order valence-electron chi connectivity index (χ4n) is 2.49. The molecule has 1 aromatic heterocycles. The van der Waals surface area contributed by atoms with Crippen molar-refractivity contribution in [3.63, 3.8) is 0 Å². The maximum atomic E-state index is 12.6. The number of thiazole rings is 1. The molecule has 0 bridgehead atoms. The van der Waals surface area contributed by atoms with Gasteiger partial charge in [-0.3, -0.25) is 4.79 Å². The van der Waals surface area contributed by atoms with Crippen LogP contribution in [0, 0.1) is 5.92 Å². The molecule has 1 saturated heterocycles. The highest BCUT2D eigenvalue weighted by Crippen LogP contribution is 2.27. The van der Waals surface area contributed by atoms with Gasteiger partial charge < -0.3 is 5.11 Å². The number of benzene rings is 1. The van der Waals surface area contributed by atoms with Crippen molar-refractivity contribution in [2.45, 2.75) is 17.7 Å². The molecule has 6 nitrogen and oxygen atoms in total. The summed E-state index contributed by atoms with van der Waals surface area (Å²) in [5.74, 6) is -1.29. The van der Waals surface area contributed by atoms with E-state index in [0.29, 0.717) is 12.8 Å². The standard InChI is InChI=1S/C13H14N2O4S2/c16-13(17)9-3-5-15(6-4-9)21(18,19)10-1-2-11-12(7-10)20-8-14-11/h1-2,7-9H,3-6H2,(H,16,17). The minimum Gasteiger partial charge on any atom is -0.481 e. The molecule has 21 heavy (non-hydrogen) atoms. The van der Waals surface area contributed by atoms with E-state index in [1.165, 1.54) is 15.6 Å². The molecule has 2 heterocycles. The van der Waals surface area contributed by atoms with E-state index in [2.05, 4.69) is 4.98 Å². The van der Waals surface area contributed by atoms with Gasteiger partial charge in [0.15, 0.2) is 0 Å². The van der Waals surface area contributed by atoms with Crippen molar-refractivity contribution in [1.29, 1.82) is 0 Å². The quantitative estimate of drug-likeness (QED) is 0.929. The van der Waals surface area contributed by atoms with Crippen LogP contribution in [0.5, 0.6) is 0 Å². The third kappa shape index (κ3) is 2.66. The van der Waals surface area contributed by atoms with Crippen LogP contribution in [0.3, 0.4) is 0 Å². The summed E-state index contributed by atoms with van der Waals surface area (Å²) in [7, 11) is -3.56. The Hall–Kier alpha value is -1.51. The lowest BCUT2D eigenvalue weighted by Crippen LogP contribution is -2.40. The molecule has 1 aliphatic heterocycles. The van der Waals surface area contributed by atoms with E-state index < -0.39 is 21.9 Å². The minimum absolute atomic E-state index is 0.244. The molecule has 8 heteroatoms. The van der Waals surface area contributed by atoms with Crippen LogP contribution in [-0.4, -0.2) is 41.9 Å². The molecule has 1 N–H and O–H groups in total. The molecular formula is C13H14N2O4S2. The Morgan fingerprint density at radius 1 is 1.33 bits per heavy atom. The summed E-state index contributed by atoms with van der Waals surface area (Å²) in [6.07, 6.45) is 0.717. The number of nitrogens with zero attached hydrogens (tertiary/aromatic N) is 2. The average Bonchev–Trinajstić information content (AvgIpc) is 2.94. The van der Waals surface area contributed by atoms with Gasteiger partial charge in [0.05, 0.1) is 26.5 Å². The molecule has 0 amide bonds. The van der Waals surface area contributed by atoms with Crippen LogP contribution in [0.25, 0.3) is 10.2 Å². The molecule has 0 saturated carbocycles. The van der Waals surface area contributed by atoms with Crippen LogP contribution >= 0.6 is 11.3 Å². The Morgan fingerprint density at radius 2 is 2.05 bits per heavy atom. The molecule has 3 rings (SSSR count). The van der Waals surface area contributed by atoms with Crippen molar-refractivity contribution in [2.24, 2.45) is 5.92 Å². The van der Waals surface area contributed by atoms with Gasteiger partial charge in [-0.25, -0.2) is 13.4 Å². The van der Waals surface area contributed by atoms with Crippen molar-refractivity contribution in [2.75, 3.05) is 13.1 Å². The zero-order chi connectivity index (χ0) is 15.0. The van der Waals surface area contributed by atoms with Crippen LogP contribution in [-0.2, 0) is 14.8 Å². The number of aliphatic carboxylic acids is 1. The molecule has 1 aromatic carbocycles. The smallest absolute Gasteiger partial charge is 0.306 e. The van der Waals surface area contributed by atoms with E-state index in [4.69, 9.17) is 5.11 Å². The van der Waals surface area contributed by atoms with Gasteiger partial charge >= 0.3 is 5.97 Å². The summed E-state index contributed by atoms with van der Waals surface area (Å²) in [6, 6.07) is 4.88. The van der Waals surface area contributed by atoms with Crippen molar-refractivity contribution >= 4 is 37.5 Å². The Kier molecular flexibility index (Phi) is 3.68. The number of carboxylic acid groups (broad SMARTS) is 1. The summed E-state index contributed by atoms with van der Waals surface area (Å²) in [4.78, 5) is 15.3. The lowest BCUT2D eigenvalue weighted by Gasteiger charge is -2.29. The van der Waals surface area contributed by atoms with Crippen molar-refractivity contribution in [3.8, 4) is 0 Å². The Bertz CT molecular complexity index is 776. The summed E-state index contributed by atoms with van der Waals surface area (Å²) < 4.78 is 27.4. The van der Waals surface area contributed by atoms with Gasteiger partial charge in [-0.15, -0.1) is 11.3 Å². The highest BCUT2D eigenvalue weighted by Gasteiger charge is 2.32. The molecular weight excluding hydrogens is 312 g/mol. The second-order valence-electron chi connectivity index (χ2n) is 5.00. The molecule has 1 aliphatic rings. The highest BCUT2D eigenvalue weighted by atomic mass is 32.2. The molecule has 0 radical (unpaired) electrons. The summed E-state index contributed by atoms with van der Waals surface area (Å²) in [5.41, 5.74) is 2.46. The Morgan fingerprint density at radius 3 is 2.71 bits per heavy atom. The van der Waals surface area contributed by atoms with Crippen LogP contribution < -0.4 is 0 Å². The number of rotatable bonds is 3. The first-order valence-corrected chi connectivity index (χ1v) is 8.86. The first-order chi connectivity index (χ1) is 9.98. The molecule has 0 unspecified atom stereocenters. The van der Waals surface area contributed by atoms with E-state index in [9.17, 15) is 13.2 Å². The maximum absolute atomic E-state index is 12.6. The summed E-state index contributed by atoms with van der Waals surface area (Å²) in [6.45, 7) is 0.500. The summed E-state index contributed by atoms with van der Waals surface area (Å²) in [5, 5.41) is 8.97. The van der Waals surface area contributed by atoms with Gasteiger partial charge in [-0.05, 0) is 31.0 Å². The molecule has 1 fully saturated rings. The summed E-state index contributed by atoms with van der Waals surface area (Å²) >= 11 is 1.40. The second kappa shape index (κ2) is 5.36. The fraction of sp³-hybridized carbons (Fsp3) is 0.385. The number of hydrogen-bond acceptors (Lipinski definition) is 5. The van der Waals surface area contributed by atoms with E-state index >= 15 is 0 Å². The van der Waals surface area contributed by atoms with E-state index in [0.717, 1.165) is 10.2 Å². The van der Waals surface area contributed by atoms with E-state index in [1.807, 2.05) is 0 Å². The van der Waals surface area contributed by atoms with Crippen molar-refractivity contribution in [1.82, 2.24) is 9.29 Å². The molecule has 0 aliphatic carbocycles. The van der Waals surface area contributed by atoms with Crippen LogP contribution in [0.15, 0.2) is 28.6 Å². The number of fused-ring (bicyclic) bond motifs is 1. The van der Waals surface area contributed by atoms with Crippen LogP contribution in [0.2, 0.25) is 0 Å². The van der Waals surface area contributed by atoms with Crippen LogP contribution in [0.4, 0.5) is 0 Å². The third-order valence-electron chi connectivity index (χ3n) is 3.74.